The molecule has 3 heterocycles. The third kappa shape index (κ3) is 6.24. The lowest BCUT2D eigenvalue weighted by molar-refractivity contribution is 0.123. The number of carbonyl (C=O) groups is 1. The first-order valence-corrected chi connectivity index (χ1v) is 11.8. The van der Waals surface area contributed by atoms with Gasteiger partial charge in [0.15, 0.2) is 5.58 Å². The molecule has 0 aliphatic carbocycles. The largest absolute Gasteiger partial charge is 0.488 e. The molecule has 0 atom stereocenters. The summed E-state index contributed by atoms with van der Waals surface area (Å²) in [5.74, 6) is 1.26. The second kappa shape index (κ2) is 11.7. The quantitative estimate of drug-likeness (QED) is 0.532. The Morgan fingerprint density at radius 3 is 2.70 bits per heavy atom. The molecule has 0 unspecified atom stereocenters. The molecular weight excluding hydrogens is 440 g/mol. The third-order valence-corrected chi connectivity index (χ3v) is 6.69. The standard InChI is InChI=1S/C22H23N3O4S.C2H7N/c1-14-20(28-13-17-4-3-16(12-23)30-17)7-5-18-19(24-29-21(14)18)6-2-15-8-10-25(11-9-15)22(26)27;1-3-2/h3-5,7,15H,2,6,8-11,13H2,1H3,(H,26,27);3H,1-2H3. The van der Waals surface area contributed by atoms with Crippen molar-refractivity contribution in [2.24, 2.45) is 5.92 Å². The van der Waals surface area contributed by atoms with E-state index >= 15 is 0 Å². The molecule has 0 bridgehead atoms. The van der Waals surface area contributed by atoms with Crippen LogP contribution in [-0.2, 0) is 13.0 Å². The molecule has 8 nitrogen and oxygen atoms in total. The van der Waals surface area contributed by atoms with Gasteiger partial charge in [-0.15, -0.1) is 11.3 Å². The Labute approximate surface area is 197 Å². The van der Waals surface area contributed by atoms with Gasteiger partial charge in [-0.2, -0.15) is 5.26 Å². The molecule has 1 saturated heterocycles. The molecule has 1 amide bonds. The summed E-state index contributed by atoms with van der Waals surface area (Å²) >= 11 is 1.43. The zero-order valence-electron chi connectivity index (χ0n) is 19.3. The molecule has 4 rings (SSSR count). The van der Waals surface area contributed by atoms with Crippen molar-refractivity contribution >= 4 is 28.4 Å². The number of benzene rings is 1. The highest BCUT2D eigenvalue weighted by Crippen LogP contribution is 2.32. The number of thiophene rings is 1. The lowest BCUT2D eigenvalue weighted by Crippen LogP contribution is -2.37. The number of hydrogen-bond acceptors (Lipinski definition) is 7. The number of likely N-dealkylation sites (tertiary alicyclic amines) is 1. The summed E-state index contributed by atoms with van der Waals surface area (Å²) in [7, 11) is 3.75. The van der Waals surface area contributed by atoms with Crippen LogP contribution in [0.3, 0.4) is 0 Å². The fourth-order valence-electron chi connectivity index (χ4n) is 3.92. The maximum absolute atomic E-state index is 11.0. The molecular formula is C24H30N4O4S. The van der Waals surface area contributed by atoms with Crippen LogP contribution in [0.1, 0.15) is 40.3 Å². The van der Waals surface area contributed by atoms with Gasteiger partial charge in [0.2, 0.25) is 0 Å². The summed E-state index contributed by atoms with van der Waals surface area (Å²) in [5, 5.41) is 26.0. The molecule has 9 heteroatoms. The van der Waals surface area contributed by atoms with E-state index in [0.717, 1.165) is 58.5 Å². The fraction of sp³-hybridized carbons (Fsp3) is 0.458. The first kappa shape index (κ1) is 24.6. The number of ether oxygens (including phenoxy) is 1. The molecule has 1 aromatic carbocycles. The molecule has 0 radical (unpaired) electrons. The SMILES string of the molecule is CNC.Cc1c(OCc2ccc(C#N)s2)ccc2c(CCC3CCN(C(=O)O)CC3)noc12. The summed E-state index contributed by atoms with van der Waals surface area (Å²) in [4.78, 5) is 14.2. The summed E-state index contributed by atoms with van der Waals surface area (Å²) < 4.78 is 11.6. The monoisotopic (exact) mass is 470 g/mol. The number of nitriles is 1. The van der Waals surface area contributed by atoms with Crippen LogP contribution in [0, 0.1) is 24.2 Å². The molecule has 3 aromatic rings. The first-order valence-electron chi connectivity index (χ1n) is 11.0. The van der Waals surface area contributed by atoms with Crippen LogP contribution in [0.15, 0.2) is 28.8 Å². The molecule has 176 valence electrons. The zero-order valence-corrected chi connectivity index (χ0v) is 20.1. The number of nitrogens with zero attached hydrogens (tertiary/aromatic N) is 3. The van der Waals surface area contributed by atoms with Crippen LogP contribution in [0.2, 0.25) is 0 Å². The normalized spacial score (nSPS) is 13.9. The van der Waals surface area contributed by atoms with Gasteiger partial charge in [-0.25, -0.2) is 4.79 Å². The van der Waals surface area contributed by atoms with Crippen LogP contribution >= 0.6 is 11.3 Å². The van der Waals surface area contributed by atoms with Crippen LogP contribution in [0.25, 0.3) is 11.0 Å². The van der Waals surface area contributed by atoms with E-state index in [9.17, 15) is 4.79 Å². The van der Waals surface area contributed by atoms with Gasteiger partial charge in [-0.05, 0) is 76.9 Å². The van der Waals surface area contributed by atoms with Gasteiger partial charge in [0.1, 0.15) is 23.3 Å². The van der Waals surface area contributed by atoms with Gasteiger partial charge in [0.25, 0.3) is 0 Å². The number of aromatic nitrogens is 1. The van der Waals surface area contributed by atoms with Crippen LogP contribution in [0.5, 0.6) is 5.75 Å². The van der Waals surface area contributed by atoms with Gasteiger partial charge < -0.3 is 24.6 Å². The van der Waals surface area contributed by atoms with E-state index in [1.807, 2.05) is 39.2 Å². The number of amides is 1. The average Bonchev–Trinajstić information content (AvgIpc) is 3.45. The molecule has 1 fully saturated rings. The molecule has 33 heavy (non-hydrogen) atoms. The minimum atomic E-state index is -0.825. The van der Waals surface area contributed by atoms with Crippen molar-refractivity contribution in [2.45, 2.75) is 39.2 Å². The predicted molar refractivity (Wildman–Crippen MR) is 128 cm³/mol. The minimum absolute atomic E-state index is 0.411. The lowest BCUT2D eigenvalue weighted by Gasteiger charge is -2.29. The molecule has 1 aliphatic rings. The molecule has 1 aliphatic heterocycles. The van der Waals surface area contributed by atoms with Crippen LogP contribution in [0.4, 0.5) is 4.79 Å². The van der Waals surface area contributed by atoms with Gasteiger partial charge in [-0.1, -0.05) is 5.16 Å². The number of nitrogens with one attached hydrogen (secondary N) is 1. The molecule has 2 aromatic heterocycles. The number of carboxylic acid groups (broad SMARTS) is 1. The van der Waals surface area contributed by atoms with E-state index in [1.54, 1.807) is 6.07 Å². The van der Waals surface area contributed by atoms with Crippen molar-refractivity contribution in [3.05, 3.63) is 45.3 Å². The molecule has 2 N–H and O–H groups in total. The highest BCUT2D eigenvalue weighted by molar-refractivity contribution is 7.12. The average molecular weight is 471 g/mol. The predicted octanol–water partition coefficient (Wildman–Crippen LogP) is 4.81. The van der Waals surface area contributed by atoms with Gasteiger partial charge in [0, 0.05) is 28.9 Å². The summed E-state index contributed by atoms with van der Waals surface area (Å²) in [6, 6.07) is 9.78. The van der Waals surface area contributed by atoms with E-state index in [0.29, 0.717) is 30.5 Å². The van der Waals surface area contributed by atoms with Crippen molar-refractivity contribution in [1.82, 2.24) is 15.4 Å². The minimum Gasteiger partial charge on any atom is -0.488 e. The summed E-state index contributed by atoms with van der Waals surface area (Å²) in [6.07, 6.45) is 2.77. The number of aryl methyl sites for hydroxylation is 2. The highest BCUT2D eigenvalue weighted by atomic mass is 32.1. The van der Waals surface area contributed by atoms with E-state index in [1.165, 1.54) is 16.2 Å². The fourth-order valence-corrected chi connectivity index (χ4v) is 4.64. The Kier molecular flexibility index (Phi) is 8.69. The van der Waals surface area contributed by atoms with Crippen LogP contribution < -0.4 is 10.1 Å². The molecule has 0 saturated carbocycles. The number of hydrogen-bond donors (Lipinski definition) is 2. The smallest absolute Gasteiger partial charge is 0.407 e. The Morgan fingerprint density at radius 1 is 1.33 bits per heavy atom. The Bertz CT molecular complexity index is 1110. The third-order valence-electron chi connectivity index (χ3n) is 5.73. The van der Waals surface area contributed by atoms with Crippen LogP contribution in [-0.4, -0.2) is 48.4 Å². The van der Waals surface area contributed by atoms with Gasteiger partial charge in [0.05, 0.1) is 5.69 Å². The van der Waals surface area contributed by atoms with E-state index in [4.69, 9.17) is 19.6 Å². The second-order valence-electron chi connectivity index (χ2n) is 8.11. The maximum Gasteiger partial charge on any atom is 0.407 e. The van der Waals surface area contributed by atoms with Crippen molar-refractivity contribution in [2.75, 3.05) is 27.2 Å². The highest BCUT2D eigenvalue weighted by Gasteiger charge is 2.23. The summed E-state index contributed by atoms with van der Waals surface area (Å²) in [5.41, 5.74) is 2.60. The lowest BCUT2D eigenvalue weighted by atomic mass is 9.91. The van der Waals surface area contributed by atoms with Crippen molar-refractivity contribution < 1.29 is 19.2 Å². The number of rotatable bonds is 6. The van der Waals surface area contributed by atoms with Crippen molar-refractivity contribution in [3.8, 4) is 11.8 Å². The van der Waals surface area contributed by atoms with Gasteiger partial charge in [-0.3, -0.25) is 0 Å². The van der Waals surface area contributed by atoms with Crippen molar-refractivity contribution in [3.63, 3.8) is 0 Å². The Hall–Kier alpha value is -3.09. The maximum atomic E-state index is 11.0. The Balaban J connectivity index is 0.000000968. The van der Waals surface area contributed by atoms with E-state index < -0.39 is 6.09 Å². The van der Waals surface area contributed by atoms with E-state index in [2.05, 4.69) is 16.5 Å². The van der Waals surface area contributed by atoms with E-state index in [-0.39, 0.29) is 0 Å². The van der Waals surface area contributed by atoms with Crippen molar-refractivity contribution in [1.29, 1.82) is 5.26 Å². The molecule has 0 spiro atoms. The second-order valence-corrected chi connectivity index (χ2v) is 9.28. The Morgan fingerprint density at radius 2 is 2.06 bits per heavy atom. The first-order chi connectivity index (χ1) is 16.0. The number of piperidine rings is 1. The zero-order chi connectivity index (χ0) is 23.8. The number of fused-ring (bicyclic) bond motifs is 1. The topological polar surface area (TPSA) is 112 Å². The van der Waals surface area contributed by atoms with Gasteiger partial charge >= 0.3 is 6.09 Å². The summed E-state index contributed by atoms with van der Waals surface area (Å²) in [6.45, 7) is 3.59.